The average molecular weight is 372 g/mol. The standard InChI is InChI=1S/C20H22ClN3O2/c21-15-6-4-14(5-7-15)19-12-24-11-17(9-18(24)13-26-19)23-20(25)10-16-3-1-2-8-22-16/h1-8,17-19H,9-13H2,(H,23,25)/t17-,18+,19-/m1/s1. The summed E-state index contributed by atoms with van der Waals surface area (Å²) in [5.41, 5.74) is 1.95. The van der Waals surface area contributed by atoms with Crippen molar-refractivity contribution in [3.63, 3.8) is 0 Å². The first-order valence-corrected chi connectivity index (χ1v) is 9.35. The molecule has 3 heterocycles. The van der Waals surface area contributed by atoms with E-state index in [0.29, 0.717) is 19.1 Å². The van der Waals surface area contributed by atoms with Crippen LogP contribution in [0.4, 0.5) is 0 Å². The molecule has 0 aliphatic carbocycles. The van der Waals surface area contributed by atoms with Crippen LogP contribution < -0.4 is 5.32 Å². The number of pyridine rings is 1. The minimum Gasteiger partial charge on any atom is -0.371 e. The van der Waals surface area contributed by atoms with Crippen LogP contribution in [-0.4, -0.2) is 47.6 Å². The average Bonchev–Trinajstić information content (AvgIpc) is 3.04. The molecule has 26 heavy (non-hydrogen) atoms. The second kappa shape index (κ2) is 7.74. The Kier molecular flexibility index (Phi) is 5.20. The van der Waals surface area contributed by atoms with Gasteiger partial charge >= 0.3 is 0 Å². The van der Waals surface area contributed by atoms with E-state index in [1.807, 2.05) is 42.5 Å². The molecule has 5 nitrogen and oxygen atoms in total. The molecule has 136 valence electrons. The van der Waals surface area contributed by atoms with E-state index < -0.39 is 0 Å². The summed E-state index contributed by atoms with van der Waals surface area (Å²) in [5.74, 6) is 0.0312. The Hall–Kier alpha value is -1.95. The van der Waals surface area contributed by atoms with Crippen molar-refractivity contribution in [2.24, 2.45) is 0 Å². The molecule has 1 N–H and O–H groups in total. The summed E-state index contributed by atoms with van der Waals surface area (Å²) in [6.45, 7) is 2.41. The molecule has 2 aliphatic heterocycles. The van der Waals surface area contributed by atoms with Gasteiger partial charge in [0.05, 0.1) is 19.1 Å². The summed E-state index contributed by atoms with van der Waals surface area (Å²) in [6.07, 6.45) is 3.03. The number of fused-ring (bicyclic) bond motifs is 1. The summed E-state index contributed by atoms with van der Waals surface area (Å²) >= 11 is 5.97. The van der Waals surface area contributed by atoms with Crippen LogP contribution in [-0.2, 0) is 16.0 Å². The van der Waals surface area contributed by atoms with Crippen molar-refractivity contribution in [1.29, 1.82) is 0 Å². The molecular weight excluding hydrogens is 350 g/mol. The first-order chi connectivity index (χ1) is 12.7. The van der Waals surface area contributed by atoms with Gasteiger partial charge in [-0.2, -0.15) is 0 Å². The third-order valence-electron chi connectivity index (χ3n) is 5.09. The van der Waals surface area contributed by atoms with Gasteiger partial charge in [-0.25, -0.2) is 0 Å². The maximum atomic E-state index is 12.3. The number of hydrogen-bond donors (Lipinski definition) is 1. The molecule has 0 spiro atoms. The van der Waals surface area contributed by atoms with Crippen LogP contribution in [0, 0.1) is 0 Å². The van der Waals surface area contributed by atoms with Crippen LogP contribution in [0.1, 0.15) is 23.8 Å². The molecule has 2 saturated heterocycles. The van der Waals surface area contributed by atoms with Gasteiger partial charge in [-0.05, 0) is 36.2 Å². The molecule has 4 rings (SSSR count). The van der Waals surface area contributed by atoms with E-state index in [2.05, 4.69) is 15.2 Å². The lowest BCUT2D eigenvalue weighted by Crippen LogP contribution is -2.43. The number of carbonyl (C=O) groups excluding carboxylic acids is 1. The summed E-state index contributed by atoms with van der Waals surface area (Å²) in [4.78, 5) is 18.9. The van der Waals surface area contributed by atoms with Crippen molar-refractivity contribution in [2.45, 2.75) is 31.0 Å². The Bertz CT molecular complexity index is 753. The number of amides is 1. The zero-order chi connectivity index (χ0) is 17.9. The van der Waals surface area contributed by atoms with E-state index in [9.17, 15) is 4.79 Å². The van der Waals surface area contributed by atoms with Crippen molar-refractivity contribution in [1.82, 2.24) is 15.2 Å². The Morgan fingerprint density at radius 2 is 2.08 bits per heavy atom. The minimum atomic E-state index is 0.0312. The molecule has 0 radical (unpaired) electrons. The van der Waals surface area contributed by atoms with E-state index in [0.717, 1.165) is 35.8 Å². The van der Waals surface area contributed by atoms with E-state index in [1.165, 1.54) is 0 Å². The van der Waals surface area contributed by atoms with Crippen LogP contribution in [0.5, 0.6) is 0 Å². The zero-order valence-corrected chi connectivity index (χ0v) is 15.2. The van der Waals surface area contributed by atoms with Gasteiger partial charge in [-0.15, -0.1) is 0 Å². The van der Waals surface area contributed by atoms with Gasteiger partial charge in [0.1, 0.15) is 0 Å². The number of hydrogen-bond acceptors (Lipinski definition) is 4. The van der Waals surface area contributed by atoms with Crippen molar-refractivity contribution in [2.75, 3.05) is 19.7 Å². The Morgan fingerprint density at radius 3 is 2.85 bits per heavy atom. The molecule has 1 amide bonds. The number of nitrogens with one attached hydrogen (secondary N) is 1. The molecule has 1 aromatic heterocycles. The maximum absolute atomic E-state index is 12.3. The maximum Gasteiger partial charge on any atom is 0.226 e. The number of carbonyl (C=O) groups is 1. The fourth-order valence-electron chi connectivity index (χ4n) is 3.80. The largest absolute Gasteiger partial charge is 0.371 e. The number of halogens is 1. The number of ether oxygens (including phenoxy) is 1. The third-order valence-corrected chi connectivity index (χ3v) is 5.34. The molecule has 0 unspecified atom stereocenters. The Morgan fingerprint density at radius 1 is 1.23 bits per heavy atom. The quantitative estimate of drug-likeness (QED) is 0.897. The Labute approximate surface area is 158 Å². The Balaban J connectivity index is 1.31. The number of nitrogens with zero attached hydrogens (tertiary/aromatic N) is 2. The first-order valence-electron chi connectivity index (χ1n) is 8.98. The lowest BCUT2D eigenvalue weighted by molar-refractivity contribution is -0.121. The minimum absolute atomic E-state index is 0.0312. The highest BCUT2D eigenvalue weighted by atomic mass is 35.5. The second-order valence-corrected chi connectivity index (χ2v) is 7.42. The van der Waals surface area contributed by atoms with Gasteiger partial charge in [0.15, 0.2) is 0 Å². The predicted octanol–water partition coefficient (Wildman–Crippen LogP) is 2.61. The van der Waals surface area contributed by atoms with Gasteiger partial charge in [0.25, 0.3) is 0 Å². The lowest BCUT2D eigenvalue weighted by Gasteiger charge is -2.35. The zero-order valence-electron chi connectivity index (χ0n) is 14.5. The van der Waals surface area contributed by atoms with E-state index in [-0.39, 0.29) is 18.1 Å². The molecule has 3 atom stereocenters. The van der Waals surface area contributed by atoms with Crippen molar-refractivity contribution in [3.8, 4) is 0 Å². The number of rotatable bonds is 4. The molecule has 0 bridgehead atoms. The molecule has 1 aromatic carbocycles. The van der Waals surface area contributed by atoms with Gasteiger partial charge in [-0.3, -0.25) is 14.7 Å². The molecule has 2 aliphatic rings. The highest BCUT2D eigenvalue weighted by Crippen LogP contribution is 2.30. The van der Waals surface area contributed by atoms with Crippen LogP contribution in [0.15, 0.2) is 48.7 Å². The molecule has 6 heteroatoms. The SMILES string of the molecule is O=C(Cc1ccccn1)N[C@@H]1C[C@H]2CO[C@@H](c3ccc(Cl)cc3)CN2C1. The van der Waals surface area contributed by atoms with Crippen LogP contribution >= 0.6 is 11.6 Å². The highest BCUT2D eigenvalue weighted by Gasteiger charge is 2.38. The molecule has 0 saturated carbocycles. The second-order valence-electron chi connectivity index (χ2n) is 6.98. The number of morpholine rings is 1. The lowest BCUT2D eigenvalue weighted by atomic mass is 10.1. The van der Waals surface area contributed by atoms with Crippen molar-refractivity contribution < 1.29 is 9.53 Å². The van der Waals surface area contributed by atoms with Crippen LogP contribution in [0.3, 0.4) is 0 Å². The number of benzene rings is 1. The molecule has 2 fully saturated rings. The number of aromatic nitrogens is 1. The molecule has 2 aromatic rings. The summed E-state index contributed by atoms with van der Waals surface area (Å²) in [5, 5.41) is 3.89. The summed E-state index contributed by atoms with van der Waals surface area (Å²) in [6, 6.07) is 14.0. The van der Waals surface area contributed by atoms with Crippen LogP contribution in [0.25, 0.3) is 0 Å². The van der Waals surface area contributed by atoms with Gasteiger partial charge in [-0.1, -0.05) is 29.8 Å². The van der Waals surface area contributed by atoms with E-state index in [4.69, 9.17) is 16.3 Å². The highest BCUT2D eigenvalue weighted by molar-refractivity contribution is 6.30. The van der Waals surface area contributed by atoms with E-state index >= 15 is 0 Å². The smallest absolute Gasteiger partial charge is 0.226 e. The van der Waals surface area contributed by atoms with Crippen LogP contribution in [0.2, 0.25) is 5.02 Å². The normalized spacial score (nSPS) is 25.7. The van der Waals surface area contributed by atoms with Gasteiger partial charge < -0.3 is 10.1 Å². The first kappa shape index (κ1) is 17.5. The van der Waals surface area contributed by atoms with Gasteiger partial charge in [0, 0.05) is 42.1 Å². The fraction of sp³-hybridized carbons (Fsp3) is 0.400. The fourth-order valence-corrected chi connectivity index (χ4v) is 3.93. The summed E-state index contributed by atoms with van der Waals surface area (Å²) < 4.78 is 6.06. The van der Waals surface area contributed by atoms with Crippen molar-refractivity contribution >= 4 is 17.5 Å². The van der Waals surface area contributed by atoms with Gasteiger partial charge in [0.2, 0.25) is 5.91 Å². The third kappa shape index (κ3) is 4.06. The summed E-state index contributed by atoms with van der Waals surface area (Å²) in [7, 11) is 0. The van der Waals surface area contributed by atoms with E-state index in [1.54, 1.807) is 6.20 Å². The molecular formula is C20H22ClN3O2. The van der Waals surface area contributed by atoms with Crippen molar-refractivity contribution in [3.05, 3.63) is 64.9 Å². The topological polar surface area (TPSA) is 54.5 Å². The monoisotopic (exact) mass is 371 g/mol. The predicted molar refractivity (Wildman–Crippen MR) is 100.0 cm³/mol.